The van der Waals surface area contributed by atoms with E-state index in [1.807, 2.05) is 13.0 Å². The van der Waals surface area contributed by atoms with Gasteiger partial charge in [-0.1, -0.05) is 0 Å². The monoisotopic (exact) mass is 189 g/mol. The fourth-order valence-corrected chi connectivity index (χ4v) is 1.08. The number of furan rings is 1. The molecule has 0 amide bonds. The van der Waals surface area contributed by atoms with Crippen LogP contribution in [0.3, 0.4) is 0 Å². The Morgan fingerprint density at radius 3 is 2.79 bits per heavy atom. The standard InChI is InChI=1S/C10H11N3O/c1-8-11-5-10(6-12-8)13-4-9-2-3-14-7-9/h2-3,5-7,13H,4H2,1H3. The molecule has 0 fully saturated rings. The van der Waals surface area contributed by atoms with Gasteiger partial charge < -0.3 is 9.73 Å². The minimum atomic E-state index is 0.725. The zero-order chi connectivity index (χ0) is 9.80. The minimum Gasteiger partial charge on any atom is -0.472 e. The van der Waals surface area contributed by atoms with Gasteiger partial charge in [0.25, 0.3) is 0 Å². The third-order valence-corrected chi connectivity index (χ3v) is 1.86. The van der Waals surface area contributed by atoms with Gasteiger partial charge in [-0.05, 0) is 13.0 Å². The van der Waals surface area contributed by atoms with E-state index in [9.17, 15) is 0 Å². The fourth-order valence-electron chi connectivity index (χ4n) is 1.08. The Kier molecular flexibility index (Phi) is 2.44. The summed E-state index contributed by atoms with van der Waals surface area (Å²) in [6.45, 7) is 2.59. The molecule has 72 valence electrons. The van der Waals surface area contributed by atoms with Crippen LogP contribution in [-0.2, 0) is 6.54 Å². The minimum absolute atomic E-state index is 0.725. The highest BCUT2D eigenvalue weighted by atomic mass is 16.3. The van der Waals surface area contributed by atoms with E-state index in [-0.39, 0.29) is 0 Å². The summed E-state index contributed by atoms with van der Waals surface area (Å²) in [5.74, 6) is 0.777. The largest absolute Gasteiger partial charge is 0.472 e. The molecule has 2 aromatic heterocycles. The highest BCUT2D eigenvalue weighted by Gasteiger charge is 1.95. The van der Waals surface area contributed by atoms with Gasteiger partial charge in [0.15, 0.2) is 0 Å². The van der Waals surface area contributed by atoms with Crippen molar-refractivity contribution in [2.75, 3.05) is 5.32 Å². The SMILES string of the molecule is Cc1ncc(NCc2ccoc2)cn1. The lowest BCUT2D eigenvalue weighted by Crippen LogP contribution is -1.99. The Morgan fingerprint density at radius 2 is 2.14 bits per heavy atom. The number of aromatic nitrogens is 2. The molecule has 0 atom stereocenters. The van der Waals surface area contributed by atoms with Gasteiger partial charge in [-0.25, -0.2) is 9.97 Å². The van der Waals surface area contributed by atoms with Crippen LogP contribution in [0.4, 0.5) is 5.69 Å². The number of nitrogens with one attached hydrogen (secondary N) is 1. The average Bonchev–Trinajstić information content (AvgIpc) is 2.70. The van der Waals surface area contributed by atoms with E-state index in [1.165, 1.54) is 0 Å². The molecule has 0 aromatic carbocycles. The number of hydrogen-bond acceptors (Lipinski definition) is 4. The second-order valence-electron chi connectivity index (χ2n) is 3.00. The molecule has 2 aromatic rings. The number of aryl methyl sites for hydroxylation is 1. The van der Waals surface area contributed by atoms with Crippen LogP contribution in [0.5, 0.6) is 0 Å². The van der Waals surface area contributed by atoms with Gasteiger partial charge in [-0.15, -0.1) is 0 Å². The number of rotatable bonds is 3. The summed E-state index contributed by atoms with van der Waals surface area (Å²) in [5, 5.41) is 3.19. The predicted octanol–water partition coefficient (Wildman–Crippen LogP) is 1.99. The van der Waals surface area contributed by atoms with Crippen LogP contribution in [0.2, 0.25) is 0 Å². The second kappa shape index (κ2) is 3.91. The molecule has 0 saturated carbocycles. The van der Waals surface area contributed by atoms with Gasteiger partial charge in [0.05, 0.1) is 30.6 Å². The molecule has 0 aliphatic carbocycles. The summed E-state index contributed by atoms with van der Waals surface area (Å²) in [6, 6.07) is 1.92. The number of nitrogens with zero attached hydrogens (tertiary/aromatic N) is 2. The van der Waals surface area contributed by atoms with Crippen LogP contribution < -0.4 is 5.32 Å². The quantitative estimate of drug-likeness (QED) is 0.802. The van der Waals surface area contributed by atoms with Crippen LogP contribution in [0, 0.1) is 6.92 Å². The van der Waals surface area contributed by atoms with Gasteiger partial charge >= 0.3 is 0 Å². The van der Waals surface area contributed by atoms with Crippen LogP contribution in [0.25, 0.3) is 0 Å². The van der Waals surface area contributed by atoms with Crippen LogP contribution in [0.15, 0.2) is 35.4 Å². The number of anilines is 1. The van der Waals surface area contributed by atoms with E-state index in [0.29, 0.717) is 0 Å². The van der Waals surface area contributed by atoms with Gasteiger partial charge in [-0.3, -0.25) is 0 Å². The van der Waals surface area contributed by atoms with Gasteiger partial charge in [0.1, 0.15) is 5.82 Å². The van der Waals surface area contributed by atoms with Crippen LogP contribution in [-0.4, -0.2) is 9.97 Å². The zero-order valence-corrected chi connectivity index (χ0v) is 7.90. The Morgan fingerprint density at radius 1 is 1.36 bits per heavy atom. The highest BCUT2D eigenvalue weighted by Crippen LogP contribution is 2.06. The van der Waals surface area contributed by atoms with Crippen molar-refractivity contribution in [3.05, 3.63) is 42.4 Å². The third kappa shape index (κ3) is 2.10. The summed E-state index contributed by atoms with van der Waals surface area (Å²) in [4.78, 5) is 8.16. The highest BCUT2D eigenvalue weighted by molar-refractivity contribution is 5.38. The molecule has 2 heterocycles. The molecule has 4 heteroatoms. The lowest BCUT2D eigenvalue weighted by Gasteiger charge is -2.02. The predicted molar refractivity (Wildman–Crippen MR) is 52.8 cm³/mol. The van der Waals surface area contributed by atoms with E-state index in [2.05, 4.69) is 15.3 Å². The summed E-state index contributed by atoms with van der Waals surface area (Å²) >= 11 is 0. The molecule has 2 rings (SSSR count). The van der Waals surface area contributed by atoms with Crippen molar-refractivity contribution >= 4 is 5.69 Å². The molecule has 0 saturated heterocycles. The van der Waals surface area contributed by atoms with E-state index >= 15 is 0 Å². The van der Waals surface area contributed by atoms with E-state index in [0.717, 1.165) is 23.6 Å². The normalized spacial score (nSPS) is 10.1. The molecule has 0 aliphatic heterocycles. The van der Waals surface area contributed by atoms with Crippen molar-refractivity contribution in [1.82, 2.24) is 9.97 Å². The van der Waals surface area contributed by atoms with E-state index in [4.69, 9.17) is 4.42 Å². The Bertz CT molecular complexity index is 380. The van der Waals surface area contributed by atoms with Crippen molar-refractivity contribution < 1.29 is 4.42 Å². The van der Waals surface area contributed by atoms with Crippen LogP contribution in [0.1, 0.15) is 11.4 Å². The maximum atomic E-state index is 4.95. The maximum absolute atomic E-state index is 4.95. The van der Waals surface area contributed by atoms with Crippen molar-refractivity contribution in [2.45, 2.75) is 13.5 Å². The maximum Gasteiger partial charge on any atom is 0.125 e. The Hall–Kier alpha value is -1.84. The fraction of sp³-hybridized carbons (Fsp3) is 0.200. The summed E-state index contributed by atoms with van der Waals surface area (Å²) in [6.07, 6.45) is 6.90. The molecular formula is C10H11N3O. The molecule has 0 bridgehead atoms. The van der Waals surface area contributed by atoms with Crippen molar-refractivity contribution in [2.24, 2.45) is 0 Å². The smallest absolute Gasteiger partial charge is 0.125 e. The van der Waals surface area contributed by atoms with Crippen molar-refractivity contribution in [3.8, 4) is 0 Å². The summed E-state index contributed by atoms with van der Waals surface area (Å²) in [7, 11) is 0. The molecule has 0 unspecified atom stereocenters. The lowest BCUT2D eigenvalue weighted by molar-refractivity contribution is 0.564. The molecule has 0 radical (unpaired) electrons. The number of hydrogen-bond donors (Lipinski definition) is 1. The molecule has 0 spiro atoms. The third-order valence-electron chi connectivity index (χ3n) is 1.86. The first-order valence-corrected chi connectivity index (χ1v) is 4.38. The van der Waals surface area contributed by atoms with Crippen molar-refractivity contribution in [3.63, 3.8) is 0 Å². The summed E-state index contributed by atoms with van der Waals surface area (Å²) in [5.41, 5.74) is 2.02. The molecular weight excluding hydrogens is 178 g/mol. The molecule has 1 N–H and O–H groups in total. The Labute approximate surface area is 82.0 Å². The summed E-state index contributed by atoms with van der Waals surface area (Å²) < 4.78 is 4.95. The lowest BCUT2D eigenvalue weighted by atomic mass is 10.3. The van der Waals surface area contributed by atoms with Gasteiger partial charge in [-0.2, -0.15) is 0 Å². The van der Waals surface area contributed by atoms with Gasteiger partial charge in [0.2, 0.25) is 0 Å². The average molecular weight is 189 g/mol. The zero-order valence-electron chi connectivity index (χ0n) is 7.90. The topological polar surface area (TPSA) is 51.0 Å². The first kappa shape index (κ1) is 8.74. The second-order valence-corrected chi connectivity index (χ2v) is 3.00. The molecule has 4 nitrogen and oxygen atoms in total. The van der Waals surface area contributed by atoms with Crippen LogP contribution >= 0.6 is 0 Å². The molecule has 14 heavy (non-hydrogen) atoms. The molecule has 0 aliphatic rings. The first-order chi connectivity index (χ1) is 6.84. The first-order valence-electron chi connectivity index (χ1n) is 4.38. The van der Waals surface area contributed by atoms with E-state index in [1.54, 1.807) is 24.9 Å². The van der Waals surface area contributed by atoms with E-state index < -0.39 is 0 Å². The van der Waals surface area contributed by atoms with Crippen molar-refractivity contribution in [1.29, 1.82) is 0 Å². The Balaban J connectivity index is 1.95. The van der Waals surface area contributed by atoms with Gasteiger partial charge in [0, 0.05) is 12.1 Å².